The van der Waals surface area contributed by atoms with E-state index in [4.69, 9.17) is 14.7 Å². The van der Waals surface area contributed by atoms with Crippen molar-refractivity contribution in [1.82, 2.24) is 9.97 Å². The molecule has 2 heterocycles. The third kappa shape index (κ3) is 3.70. The molecule has 3 aromatic carbocycles. The van der Waals surface area contributed by atoms with Crippen LogP contribution in [0.15, 0.2) is 97.1 Å². The van der Waals surface area contributed by atoms with Gasteiger partial charge in [0.15, 0.2) is 0 Å². The Labute approximate surface area is 203 Å². The molecule has 0 saturated carbocycles. The smallest absolute Gasteiger partial charge is 0.144 e. The van der Waals surface area contributed by atoms with E-state index < -0.39 is 0 Å². The summed E-state index contributed by atoms with van der Waals surface area (Å²) in [4.78, 5) is 10.9. The highest BCUT2D eigenvalue weighted by molar-refractivity contribution is 7.21. The number of hydrogen-bond acceptors (Lipinski definition) is 4. The maximum Gasteiger partial charge on any atom is 0.144 e. The van der Waals surface area contributed by atoms with Gasteiger partial charge in [0.25, 0.3) is 0 Å². The van der Waals surface area contributed by atoms with Crippen molar-refractivity contribution in [3.05, 3.63) is 125 Å². The van der Waals surface area contributed by atoms with Gasteiger partial charge in [-0.2, -0.15) is 0 Å². The second kappa shape index (κ2) is 8.23. The van der Waals surface area contributed by atoms with Gasteiger partial charge < -0.3 is 4.74 Å². The van der Waals surface area contributed by atoms with Gasteiger partial charge in [0.1, 0.15) is 27.7 Å². The molecule has 6 rings (SSSR count). The highest BCUT2D eigenvalue weighted by Crippen LogP contribution is 2.45. The first kappa shape index (κ1) is 20.8. The number of aryl methyl sites for hydroxylation is 2. The predicted molar refractivity (Wildman–Crippen MR) is 139 cm³/mol. The van der Waals surface area contributed by atoms with E-state index in [0.29, 0.717) is 6.61 Å². The topological polar surface area (TPSA) is 35.0 Å². The summed E-state index contributed by atoms with van der Waals surface area (Å²) < 4.78 is 6.17. The molecule has 2 aromatic heterocycles. The van der Waals surface area contributed by atoms with Gasteiger partial charge in [0, 0.05) is 5.56 Å². The molecular formula is C30H24N2OS. The number of rotatable bonds is 6. The minimum Gasteiger partial charge on any atom is -0.488 e. The number of nitrogens with zero attached hydrogens (tertiary/aromatic N) is 2. The van der Waals surface area contributed by atoms with Gasteiger partial charge in [0.2, 0.25) is 0 Å². The lowest BCUT2D eigenvalue weighted by atomic mass is 9.89. The second-order valence-electron chi connectivity index (χ2n) is 8.82. The fourth-order valence-corrected chi connectivity index (χ4v) is 5.44. The van der Waals surface area contributed by atoms with Crippen molar-refractivity contribution in [2.75, 3.05) is 0 Å². The van der Waals surface area contributed by atoms with Crippen molar-refractivity contribution in [2.24, 2.45) is 0 Å². The van der Waals surface area contributed by atoms with E-state index in [-0.39, 0.29) is 5.41 Å². The Morgan fingerprint density at radius 3 is 2.15 bits per heavy atom. The Kier molecular flexibility index (Phi) is 5.04. The molecule has 0 aliphatic heterocycles. The summed E-state index contributed by atoms with van der Waals surface area (Å²) in [7, 11) is 0. The van der Waals surface area contributed by atoms with Gasteiger partial charge in [-0.05, 0) is 60.4 Å². The lowest BCUT2D eigenvalue weighted by Crippen LogP contribution is -2.12. The van der Waals surface area contributed by atoms with Crippen LogP contribution in [0.3, 0.4) is 0 Å². The molecular weight excluding hydrogens is 436 g/mol. The number of allylic oxidation sites excluding steroid dienone is 2. The van der Waals surface area contributed by atoms with E-state index in [1.54, 1.807) is 11.3 Å². The van der Waals surface area contributed by atoms with E-state index in [1.807, 2.05) is 24.3 Å². The Morgan fingerprint density at radius 2 is 1.47 bits per heavy atom. The molecule has 5 aromatic rings. The summed E-state index contributed by atoms with van der Waals surface area (Å²) in [6.45, 7) is 4.76. The normalized spacial score (nSPS) is 13.8. The summed E-state index contributed by atoms with van der Waals surface area (Å²) in [5.41, 5.74) is 7.57. The van der Waals surface area contributed by atoms with E-state index >= 15 is 0 Å². The van der Waals surface area contributed by atoms with Crippen LogP contribution in [-0.2, 0) is 12.0 Å². The van der Waals surface area contributed by atoms with Crippen LogP contribution < -0.4 is 4.74 Å². The molecule has 0 fully saturated rings. The Bertz CT molecular complexity index is 1490. The molecule has 1 aliphatic carbocycles. The number of benzene rings is 3. The van der Waals surface area contributed by atoms with E-state index in [0.717, 1.165) is 49.1 Å². The van der Waals surface area contributed by atoms with E-state index in [2.05, 4.69) is 86.7 Å². The van der Waals surface area contributed by atoms with Crippen molar-refractivity contribution in [1.29, 1.82) is 0 Å². The highest BCUT2D eigenvalue weighted by atomic mass is 32.1. The molecule has 4 heteroatoms. The SMILES string of the molecule is Cc1cc(-c2nc3ccc(C4(c5ccccc5)C=C4)nc3s2)cc(C)c1OCc1ccccc1. The summed E-state index contributed by atoms with van der Waals surface area (Å²) in [5.74, 6) is 0.943. The third-order valence-electron chi connectivity index (χ3n) is 6.36. The summed E-state index contributed by atoms with van der Waals surface area (Å²) in [5, 5.41) is 0.984. The van der Waals surface area contributed by atoms with Gasteiger partial charge in [-0.3, -0.25) is 0 Å². The zero-order chi connectivity index (χ0) is 23.1. The molecule has 3 nitrogen and oxygen atoms in total. The summed E-state index contributed by atoms with van der Waals surface area (Å²) in [6.07, 6.45) is 4.44. The molecule has 166 valence electrons. The molecule has 0 radical (unpaired) electrons. The molecule has 34 heavy (non-hydrogen) atoms. The number of aromatic nitrogens is 2. The van der Waals surface area contributed by atoms with E-state index in [1.165, 1.54) is 5.56 Å². The Balaban J connectivity index is 1.29. The standard InChI is InChI=1S/C30H24N2OS/c1-20-17-23(18-21(2)27(20)33-19-22-9-5-3-6-10-22)28-31-25-13-14-26(32-29(25)34-28)30(15-16-30)24-11-7-4-8-12-24/h3-18H,19H2,1-2H3. The van der Waals surface area contributed by atoms with Gasteiger partial charge in [-0.25, -0.2) is 9.97 Å². The monoisotopic (exact) mass is 460 g/mol. The average molecular weight is 461 g/mol. The number of fused-ring (bicyclic) bond motifs is 1. The minimum absolute atomic E-state index is 0.176. The molecule has 0 bridgehead atoms. The van der Waals surface area contributed by atoms with Crippen LogP contribution in [-0.4, -0.2) is 9.97 Å². The molecule has 0 N–H and O–H groups in total. The van der Waals surface area contributed by atoms with Crippen LogP contribution in [0.25, 0.3) is 20.9 Å². The molecule has 0 amide bonds. The van der Waals surface area contributed by atoms with Crippen molar-refractivity contribution < 1.29 is 4.74 Å². The number of pyridine rings is 1. The summed E-state index contributed by atoms with van der Waals surface area (Å²) >= 11 is 1.65. The number of thiazole rings is 1. The Hall–Kier alpha value is -3.76. The molecule has 0 spiro atoms. The van der Waals surface area contributed by atoms with Crippen molar-refractivity contribution in [2.45, 2.75) is 25.9 Å². The number of ether oxygens (including phenoxy) is 1. The average Bonchev–Trinajstić information content (AvgIpc) is 3.57. The molecule has 0 atom stereocenters. The van der Waals surface area contributed by atoms with Crippen molar-refractivity contribution in [3.8, 4) is 16.3 Å². The van der Waals surface area contributed by atoms with Crippen LogP contribution >= 0.6 is 11.3 Å². The summed E-state index contributed by atoms with van der Waals surface area (Å²) in [6, 6.07) is 29.3. The first-order valence-electron chi connectivity index (χ1n) is 11.4. The minimum atomic E-state index is -0.176. The van der Waals surface area contributed by atoms with Crippen LogP contribution in [0.4, 0.5) is 0 Å². The van der Waals surface area contributed by atoms with Gasteiger partial charge in [-0.15, -0.1) is 0 Å². The highest BCUT2D eigenvalue weighted by Gasteiger charge is 2.39. The van der Waals surface area contributed by atoms with Crippen LogP contribution in [0, 0.1) is 13.8 Å². The van der Waals surface area contributed by atoms with Gasteiger partial charge in [-0.1, -0.05) is 84.2 Å². The zero-order valence-corrected chi connectivity index (χ0v) is 20.0. The van der Waals surface area contributed by atoms with Crippen LogP contribution in [0.1, 0.15) is 27.9 Å². The zero-order valence-electron chi connectivity index (χ0n) is 19.2. The number of hydrogen-bond donors (Lipinski definition) is 0. The largest absolute Gasteiger partial charge is 0.488 e. The lowest BCUT2D eigenvalue weighted by molar-refractivity contribution is 0.302. The van der Waals surface area contributed by atoms with Gasteiger partial charge in [0.05, 0.1) is 11.1 Å². The maximum absolute atomic E-state index is 6.17. The van der Waals surface area contributed by atoms with Crippen LogP contribution in [0.2, 0.25) is 0 Å². The molecule has 1 aliphatic rings. The molecule has 0 unspecified atom stereocenters. The Morgan fingerprint density at radius 1 is 0.794 bits per heavy atom. The van der Waals surface area contributed by atoms with Gasteiger partial charge >= 0.3 is 0 Å². The van der Waals surface area contributed by atoms with Crippen molar-refractivity contribution >= 4 is 21.7 Å². The third-order valence-corrected chi connectivity index (χ3v) is 7.38. The fraction of sp³-hybridized carbons (Fsp3) is 0.133. The van der Waals surface area contributed by atoms with Crippen molar-refractivity contribution in [3.63, 3.8) is 0 Å². The quantitative estimate of drug-likeness (QED) is 0.247. The lowest BCUT2D eigenvalue weighted by Gasteiger charge is -2.15. The maximum atomic E-state index is 6.17. The van der Waals surface area contributed by atoms with E-state index in [9.17, 15) is 0 Å². The predicted octanol–water partition coefficient (Wildman–Crippen LogP) is 7.41. The fourth-order valence-electron chi connectivity index (χ4n) is 4.51. The molecule has 0 saturated heterocycles. The van der Waals surface area contributed by atoms with Crippen LogP contribution in [0.5, 0.6) is 5.75 Å². The first-order chi connectivity index (χ1) is 16.6. The first-order valence-corrected chi connectivity index (χ1v) is 12.3. The second-order valence-corrected chi connectivity index (χ2v) is 9.80.